The molecule has 0 unspecified atom stereocenters. The average molecular weight is 378 g/mol. The second-order valence-electron chi connectivity index (χ2n) is 5.84. The third kappa shape index (κ3) is 4.13. The van der Waals surface area contributed by atoms with Crippen LogP contribution in [0.5, 0.6) is 5.75 Å². The fraction of sp³-hybridized carbons (Fsp3) is 0.333. The molecule has 1 aliphatic rings. The molecule has 0 saturated carbocycles. The molecule has 138 valence electrons. The van der Waals surface area contributed by atoms with E-state index in [1.165, 1.54) is 35.5 Å². The number of hydrogen-bond donors (Lipinski definition) is 1. The van der Waals surface area contributed by atoms with Crippen LogP contribution in [-0.4, -0.2) is 42.7 Å². The first-order valence-corrected chi connectivity index (χ1v) is 9.02. The Morgan fingerprint density at radius 3 is 2.81 bits per heavy atom. The molecule has 0 aliphatic carbocycles. The zero-order valence-corrected chi connectivity index (χ0v) is 15.0. The fourth-order valence-corrected chi connectivity index (χ4v) is 3.51. The molecule has 1 saturated heterocycles. The quantitative estimate of drug-likeness (QED) is 0.813. The van der Waals surface area contributed by atoms with E-state index in [0.29, 0.717) is 6.54 Å². The van der Waals surface area contributed by atoms with Crippen molar-refractivity contribution < 1.29 is 23.5 Å². The highest BCUT2D eigenvalue weighted by molar-refractivity contribution is 7.09. The summed E-state index contributed by atoms with van der Waals surface area (Å²) in [7, 11) is 1.27. The van der Waals surface area contributed by atoms with E-state index in [9.17, 15) is 14.0 Å². The molecule has 3 rings (SSSR count). The van der Waals surface area contributed by atoms with E-state index >= 15 is 0 Å². The first-order chi connectivity index (χ1) is 12.6. The van der Waals surface area contributed by atoms with Crippen molar-refractivity contribution in [3.05, 3.63) is 52.5 Å². The van der Waals surface area contributed by atoms with Crippen molar-refractivity contribution in [2.75, 3.05) is 13.7 Å². The monoisotopic (exact) mass is 378 g/mol. The van der Waals surface area contributed by atoms with E-state index < -0.39 is 23.9 Å². The maximum atomic E-state index is 13.8. The van der Waals surface area contributed by atoms with E-state index in [1.807, 2.05) is 17.5 Å². The zero-order chi connectivity index (χ0) is 18.5. The fourth-order valence-electron chi connectivity index (χ4n) is 2.86. The summed E-state index contributed by atoms with van der Waals surface area (Å²) in [6.07, 6.45) is -0.253. The van der Waals surface area contributed by atoms with Gasteiger partial charge in [-0.3, -0.25) is 0 Å². The summed E-state index contributed by atoms with van der Waals surface area (Å²) >= 11 is 1.53. The number of halogens is 1. The number of urea groups is 1. The molecule has 6 nitrogen and oxygen atoms in total. The predicted molar refractivity (Wildman–Crippen MR) is 94.5 cm³/mol. The largest absolute Gasteiger partial charge is 0.485 e. The maximum absolute atomic E-state index is 13.8. The van der Waals surface area contributed by atoms with E-state index in [1.54, 1.807) is 12.1 Å². The van der Waals surface area contributed by atoms with Crippen LogP contribution in [0.3, 0.4) is 0 Å². The molecule has 0 spiro atoms. The highest BCUT2D eigenvalue weighted by Crippen LogP contribution is 2.25. The van der Waals surface area contributed by atoms with Crippen LogP contribution in [0.2, 0.25) is 0 Å². The van der Waals surface area contributed by atoms with Crippen molar-refractivity contribution in [2.24, 2.45) is 0 Å². The van der Waals surface area contributed by atoms with Gasteiger partial charge in [0.2, 0.25) is 0 Å². The van der Waals surface area contributed by atoms with Gasteiger partial charge in [-0.1, -0.05) is 18.2 Å². The van der Waals surface area contributed by atoms with Crippen molar-refractivity contribution in [1.29, 1.82) is 0 Å². The van der Waals surface area contributed by atoms with Gasteiger partial charge >= 0.3 is 12.0 Å². The molecule has 2 heterocycles. The number of hydrogen-bond acceptors (Lipinski definition) is 5. The Morgan fingerprint density at radius 1 is 1.31 bits per heavy atom. The molecule has 2 atom stereocenters. The molecular weight excluding hydrogens is 359 g/mol. The van der Waals surface area contributed by atoms with Gasteiger partial charge in [0, 0.05) is 11.3 Å². The standard InChI is InChI=1S/C18H19FN2O4S/c1-24-17(22)15-9-12(25-16-7-3-2-6-14(16)19)11-21(15)18(23)20-10-13-5-4-8-26-13/h2-8,12,15H,9-11H2,1H3,(H,20,23)/t12-,15-/m0/s1. The summed E-state index contributed by atoms with van der Waals surface area (Å²) in [4.78, 5) is 27.0. The number of amides is 2. The Morgan fingerprint density at radius 2 is 2.12 bits per heavy atom. The van der Waals surface area contributed by atoms with Gasteiger partial charge in [0.25, 0.3) is 0 Å². The molecule has 2 aromatic rings. The van der Waals surface area contributed by atoms with E-state index in [2.05, 4.69) is 5.32 Å². The van der Waals surface area contributed by atoms with Crippen LogP contribution in [0.15, 0.2) is 41.8 Å². The molecular formula is C18H19FN2O4S. The minimum Gasteiger partial charge on any atom is -0.485 e. The summed E-state index contributed by atoms with van der Waals surface area (Å²) in [6.45, 7) is 0.546. The minimum absolute atomic E-state index is 0.0990. The van der Waals surface area contributed by atoms with E-state index in [4.69, 9.17) is 9.47 Å². The van der Waals surface area contributed by atoms with Crippen molar-refractivity contribution in [3.8, 4) is 5.75 Å². The molecule has 1 aliphatic heterocycles. The highest BCUT2D eigenvalue weighted by atomic mass is 32.1. The molecule has 1 fully saturated rings. The number of para-hydroxylation sites is 1. The van der Waals surface area contributed by atoms with Crippen LogP contribution < -0.4 is 10.1 Å². The number of methoxy groups -OCH3 is 1. The molecule has 0 bridgehead atoms. The van der Waals surface area contributed by atoms with Crippen LogP contribution in [0.1, 0.15) is 11.3 Å². The number of carbonyl (C=O) groups is 2. The number of likely N-dealkylation sites (tertiary alicyclic amines) is 1. The number of nitrogens with one attached hydrogen (secondary N) is 1. The molecule has 1 aromatic carbocycles. The van der Waals surface area contributed by atoms with E-state index in [-0.39, 0.29) is 24.7 Å². The lowest BCUT2D eigenvalue weighted by Crippen LogP contribution is -2.46. The Labute approximate surface area is 154 Å². The van der Waals surface area contributed by atoms with Gasteiger partial charge in [-0.15, -0.1) is 11.3 Å². The number of carbonyl (C=O) groups excluding carboxylic acids is 2. The lowest BCUT2D eigenvalue weighted by atomic mass is 10.2. The molecule has 8 heteroatoms. The SMILES string of the molecule is COC(=O)[C@@H]1C[C@H](Oc2ccccc2F)CN1C(=O)NCc1cccs1. The average Bonchev–Trinajstić information content (AvgIpc) is 3.31. The van der Waals surface area contributed by atoms with Gasteiger partial charge in [-0.05, 0) is 23.6 Å². The number of esters is 1. The lowest BCUT2D eigenvalue weighted by molar-refractivity contribution is -0.145. The van der Waals surface area contributed by atoms with Crippen LogP contribution in [0.25, 0.3) is 0 Å². The Kier molecular flexibility index (Phi) is 5.72. The molecule has 0 radical (unpaired) electrons. The molecule has 26 heavy (non-hydrogen) atoms. The van der Waals surface area contributed by atoms with Crippen LogP contribution >= 0.6 is 11.3 Å². The van der Waals surface area contributed by atoms with Crippen molar-refractivity contribution in [1.82, 2.24) is 10.2 Å². The first-order valence-electron chi connectivity index (χ1n) is 8.14. The summed E-state index contributed by atoms with van der Waals surface area (Å²) in [5.74, 6) is -0.902. The highest BCUT2D eigenvalue weighted by Gasteiger charge is 2.41. The van der Waals surface area contributed by atoms with Crippen LogP contribution in [0.4, 0.5) is 9.18 Å². The summed E-state index contributed by atoms with van der Waals surface area (Å²) < 4.78 is 24.2. The Hall–Kier alpha value is -2.61. The zero-order valence-electron chi connectivity index (χ0n) is 14.2. The normalized spacial score (nSPS) is 19.2. The Balaban J connectivity index is 1.67. The van der Waals surface area contributed by atoms with Gasteiger partial charge in [-0.2, -0.15) is 0 Å². The number of ether oxygens (including phenoxy) is 2. The van der Waals surface area contributed by atoms with Crippen molar-refractivity contribution in [2.45, 2.75) is 25.1 Å². The molecule has 1 N–H and O–H groups in total. The van der Waals surface area contributed by atoms with Gasteiger partial charge in [0.15, 0.2) is 11.6 Å². The first kappa shape index (κ1) is 18.2. The third-order valence-corrected chi connectivity index (χ3v) is 5.00. The van der Waals surface area contributed by atoms with Crippen LogP contribution in [-0.2, 0) is 16.1 Å². The summed E-state index contributed by atoms with van der Waals surface area (Å²) in [5.41, 5.74) is 0. The minimum atomic E-state index is -0.764. The van der Waals surface area contributed by atoms with Gasteiger partial charge in [0.1, 0.15) is 12.1 Å². The maximum Gasteiger partial charge on any atom is 0.328 e. The summed E-state index contributed by atoms with van der Waals surface area (Å²) in [6, 6.07) is 8.72. The second kappa shape index (κ2) is 8.18. The van der Waals surface area contributed by atoms with Gasteiger partial charge < -0.3 is 19.7 Å². The molecule has 1 aromatic heterocycles. The second-order valence-corrected chi connectivity index (χ2v) is 6.87. The Bertz CT molecular complexity index is 768. The predicted octanol–water partition coefficient (Wildman–Crippen LogP) is 2.79. The van der Waals surface area contributed by atoms with Crippen molar-refractivity contribution >= 4 is 23.3 Å². The number of benzene rings is 1. The lowest BCUT2D eigenvalue weighted by Gasteiger charge is -2.22. The van der Waals surface area contributed by atoms with Crippen molar-refractivity contribution in [3.63, 3.8) is 0 Å². The van der Waals surface area contributed by atoms with Crippen LogP contribution in [0, 0.1) is 5.82 Å². The topological polar surface area (TPSA) is 67.9 Å². The third-order valence-electron chi connectivity index (χ3n) is 4.12. The van der Waals surface area contributed by atoms with Gasteiger partial charge in [-0.25, -0.2) is 14.0 Å². The number of nitrogens with zero attached hydrogens (tertiary/aromatic N) is 1. The number of rotatable bonds is 5. The van der Waals surface area contributed by atoms with Gasteiger partial charge in [0.05, 0.1) is 20.2 Å². The molecule has 2 amide bonds. The number of thiophene rings is 1. The smallest absolute Gasteiger partial charge is 0.328 e. The van der Waals surface area contributed by atoms with E-state index in [0.717, 1.165) is 4.88 Å². The summed E-state index contributed by atoms with van der Waals surface area (Å²) in [5, 5.41) is 4.72.